The maximum Gasteiger partial charge on any atom is 0.335 e. The highest BCUT2D eigenvalue weighted by Gasteiger charge is 2.50. The van der Waals surface area contributed by atoms with E-state index in [1.807, 2.05) is 0 Å². The smallest absolute Gasteiger partial charge is 0.335 e. The number of ether oxygens (including phenoxy) is 1. The zero-order valence-electron chi connectivity index (χ0n) is 12.9. The molecule has 0 heterocycles. The van der Waals surface area contributed by atoms with E-state index in [9.17, 15) is 35.1 Å². The van der Waals surface area contributed by atoms with Gasteiger partial charge in [-0.25, -0.2) is 9.59 Å². The molecule has 1 aromatic rings. The molecule has 0 saturated heterocycles. The number of esters is 1. The van der Waals surface area contributed by atoms with Crippen LogP contribution in [0.5, 0.6) is 11.5 Å². The second kappa shape index (κ2) is 7.09. The van der Waals surface area contributed by atoms with E-state index < -0.39 is 48.7 Å². The van der Waals surface area contributed by atoms with Crippen molar-refractivity contribution in [1.82, 2.24) is 0 Å². The van der Waals surface area contributed by atoms with Crippen molar-refractivity contribution < 1.29 is 45.0 Å². The van der Waals surface area contributed by atoms with Crippen molar-refractivity contribution in [2.45, 2.75) is 36.8 Å². The van der Waals surface area contributed by atoms with E-state index in [-0.39, 0.29) is 11.5 Å². The summed E-state index contributed by atoms with van der Waals surface area (Å²) in [7, 11) is 0. The molecule has 0 bridgehead atoms. The molecule has 0 aliphatic heterocycles. The fourth-order valence-electron chi connectivity index (χ4n) is 2.53. The number of aromatic hydroxyl groups is 2. The number of carbonyl (C=O) groups is 2. The van der Waals surface area contributed by atoms with Crippen molar-refractivity contribution in [2.75, 3.05) is 0 Å². The van der Waals surface area contributed by atoms with Gasteiger partial charge in [0.05, 0.1) is 6.10 Å². The van der Waals surface area contributed by atoms with Gasteiger partial charge in [-0.15, -0.1) is 0 Å². The fraction of sp³-hybridized carbons (Fsp3) is 0.375. The zero-order valence-corrected chi connectivity index (χ0v) is 12.9. The van der Waals surface area contributed by atoms with Gasteiger partial charge in [0.1, 0.15) is 12.2 Å². The first-order chi connectivity index (χ1) is 11.6. The molecule has 2 rings (SSSR count). The number of aliphatic carboxylic acids is 1. The van der Waals surface area contributed by atoms with Crippen molar-refractivity contribution >= 4 is 18.0 Å². The SMILES string of the molecule is O=C(/C=C/c1ccc(O)c(O)c1)O[C@@H]1CC(O)(C(=O)O)C[C@@H](O)[C@H]1O. The second-order valence-electron chi connectivity index (χ2n) is 5.86. The molecule has 0 spiro atoms. The third kappa shape index (κ3) is 4.27. The van der Waals surface area contributed by atoms with E-state index in [4.69, 9.17) is 9.84 Å². The van der Waals surface area contributed by atoms with Crippen LogP contribution in [0.3, 0.4) is 0 Å². The molecule has 1 aliphatic rings. The Labute approximate surface area is 142 Å². The summed E-state index contributed by atoms with van der Waals surface area (Å²) in [5, 5.41) is 57.0. The van der Waals surface area contributed by atoms with Gasteiger partial charge < -0.3 is 35.4 Å². The average Bonchev–Trinajstić information content (AvgIpc) is 2.53. The molecule has 9 nitrogen and oxygen atoms in total. The Kier molecular flexibility index (Phi) is 5.31. The van der Waals surface area contributed by atoms with Crippen molar-refractivity contribution in [2.24, 2.45) is 0 Å². The Morgan fingerprint density at radius 2 is 1.84 bits per heavy atom. The van der Waals surface area contributed by atoms with Crippen molar-refractivity contribution in [3.05, 3.63) is 29.8 Å². The Bertz CT molecular complexity index is 699. The van der Waals surface area contributed by atoms with Crippen molar-refractivity contribution in [1.29, 1.82) is 0 Å². The lowest BCUT2D eigenvalue weighted by atomic mass is 9.79. The molecule has 0 aromatic heterocycles. The number of aliphatic hydroxyl groups excluding tert-OH is 2. The van der Waals surface area contributed by atoms with Gasteiger partial charge in [0, 0.05) is 18.9 Å². The molecule has 1 aromatic carbocycles. The van der Waals surface area contributed by atoms with Crippen LogP contribution in [0.15, 0.2) is 24.3 Å². The third-order valence-corrected chi connectivity index (χ3v) is 3.94. The summed E-state index contributed by atoms with van der Waals surface area (Å²) in [6, 6.07) is 3.83. The van der Waals surface area contributed by atoms with Crippen LogP contribution in [0.4, 0.5) is 0 Å². The van der Waals surface area contributed by atoms with Gasteiger partial charge in [0.15, 0.2) is 17.1 Å². The molecule has 1 unspecified atom stereocenters. The lowest BCUT2D eigenvalue weighted by Gasteiger charge is -2.39. The van der Waals surface area contributed by atoms with Crippen LogP contribution < -0.4 is 0 Å². The van der Waals surface area contributed by atoms with E-state index in [1.54, 1.807) is 0 Å². The molecule has 1 aliphatic carbocycles. The third-order valence-electron chi connectivity index (χ3n) is 3.94. The summed E-state index contributed by atoms with van der Waals surface area (Å²) in [6.07, 6.45) is -3.44. The number of hydrogen-bond acceptors (Lipinski definition) is 8. The monoisotopic (exact) mass is 354 g/mol. The lowest BCUT2D eigenvalue weighted by Crippen LogP contribution is -2.57. The van der Waals surface area contributed by atoms with Crippen molar-refractivity contribution in [3.8, 4) is 11.5 Å². The minimum atomic E-state index is -2.31. The Hall–Kier alpha value is -2.62. The largest absolute Gasteiger partial charge is 0.504 e. The number of phenols is 2. The molecule has 136 valence electrons. The van der Waals surface area contributed by atoms with Gasteiger partial charge in [-0.05, 0) is 23.8 Å². The van der Waals surface area contributed by atoms with E-state index >= 15 is 0 Å². The number of rotatable bonds is 4. The summed E-state index contributed by atoms with van der Waals surface area (Å²) >= 11 is 0. The van der Waals surface area contributed by atoms with Crippen LogP contribution in [0, 0.1) is 0 Å². The fourth-order valence-corrected chi connectivity index (χ4v) is 2.53. The topological polar surface area (TPSA) is 165 Å². The minimum absolute atomic E-state index is 0.327. The summed E-state index contributed by atoms with van der Waals surface area (Å²) < 4.78 is 4.92. The number of hydrogen-bond donors (Lipinski definition) is 6. The van der Waals surface area contributed by atoms with E-state index in [0.29, 0.717) is 5.56 Å². The highest BCUT2D eigenvalue weighted by atomic mass is 16.6. The number of phenolic OH excluding ortho intramolecular Hbond substituents is 2. The Balaban J connectivity index is 2.06. The molecular formula is C16H18O9. The van der Waals surface area contributed by atoms with Crippen LogP contribution in [0.25, 0.3) is 6.08 Å². The van der Waals surface area contributed by atoms with E-state index in [2.05, 4.69) is 0 Å². The van der Waals surface area contributed by atoms with Gasteiger partial charge in [0.25, 0.3) is 0 Å². The van der Waals surface area contributed by atoms with E-state index in [0.717, 1.165) is 6.08 Å². The maximum absolute atomic E-state index is 11.8. The first kappa shape index (κ1) is 18.7. The van der Waals surface area contributed by atoms with Crippen LogP contribution in [-0.4, -0.2) is 66.5 Å². The predicted molar refractivity (Wildman–Crippen MR) is 82.5 cm³/mol. The molecule has 0 amide bonds. The number of carboxylic acid groups (broad SMARTS) is 1. The first-order valence-electron chi connectivity index (χ1n) is 7.35. The predicted octanol–water partition coefficient (Wildman–Crippen LogP) is -0.646. The highest BCUT2D eigenvalue weighted by molar-refractivity contribution is 5.87. The van der Waals surface area contributed by atoms with Gasteiger partial charge in [-0.2, -0.15) is 0 Å². The number of carbonyl (C=O) groups excluding carboxylic acids is 1. The quantitative estimate of drug-likeness (QED) is 0.234. The molecular weight excluding hydrogens is 336 g/mol. The molecule has 9 heteroatoms. The Morgan fingerprint density at radius 1 is 1.16 bits per heavy atom. The maximum atomic E-state index is 11.8. The second-order valence-corrected chi connectivity index (χ2v) is 5.86. The summed E-state index contributed by atoms with van der Waals surface area (Å²) in [5.74, 6) is -3.24. The van der Waals surface area contributed by atoms with Gasteiger partial charge in [-0.3, -0.25) is 0 Å². The van der Waals surface area contributed by atoms with Crippen LogP contribution >= 0.6 is 0 Å². The number of aliphatic hydroxyl groups is 3. The number of carboxylic acids is 1. The normalized spacial score (nSPS) is 29.5. The van der Waals surface area contributed by atoms with Gasteiger partial charge in [-0.1, -0.05) is 6.07 Å². The summed E-state index contributed by atoms with van der Waals surface area (Å²) in [6.45, 7) is 0. The molecule has 4 atom stereocenters. The molecule has 25 heavy (non-hydrogen) atoms. The minimum Gasteiger partial charge on any atom is -0.504 e. The summed E-state index contributed by atoms with van der Waals surface area (Å²) in [4.78, 5) is 22.9. The average molecular weight is 354 g/mol. The highest BCUT2D eigenvalue weighted by Crippen LogP contribution is 2.31. The van der Waals surface area contributed by atoms with Gasteiger partial charge >= 0.3 is 11.9 Å². The molecule has 1 saturated carbocycles. The summed E-state index contributed by atoms with van der Waals surface area (Å²) in [5.41, 5.74) is -1.94. The standard InChI is InChI=1S/C16H18O9/c17-9-3-1-8(5-10(9)18)2-4-13(20)25-12-7-16(24,15(22)23)6-11(19)14(12)21/h1-5,11-12,14,17-19,21,24H,6-7H2,(H,22,23)/b4-2+/t11-,12-,14-,16?/m1/s1. The molecule has 0 radical (unpaired) electrons. The van der Waals surface area contributed by atoms with Crippen molar-refractivity contribution in [3.63, 3.8) is 0 Å². The van der Waals surface area contributed by atoms with Crippen LogP contribution in [0.2, 0.25) is 0 Å². The first-order valence-corrected chi connectivity index (χ1v) is 7.35. The zero-order chi connectivity index (χ0) is 18.8. The Morgan fingerprint density at radius 3 is 2.44 bits per heavy atom. The van der Waals surface area contributed by atoms with Crippen LogP contribution in [0.1, 0.15) is 18.4 Å². The van der Waals surface area contributed by atoms with Gasteiger partial charge in [0.2, 0.25) is 0 Å². The lowest BCUT2D eigenvalue weighted by molar-refractivity contribution is -0.196. The van der Waals surface area contributed by atoms with Crippen LogP contribution in [-0.2, 0) is 14.3 Å². The number of benzene rings is 1. The molecule has 1 fully saturated rings. The molecule has 6 N–H and O–H groups in total. The van der Waals surface area contributed by atoms with E-state index in [1.165, 1.54) is 24.3 Å².